The van der Waals surface area contributed by atoms with Crippen molar-refractivity contribution in [2.45, 2.75) is 34.4 Å². The Morgan fingerprint density at radius 1 is 1.32 bits per heavy atom. The summed E-state index contributed by atoms with van der Waals surface area (Å²) in [5.41, 5.74) is 0.743. The summed E-state index contributed by atoms with van der Waals surface area (Å²) in [6.45, 7) is 4.12. The second-order valence-corrected chi connectivity index (χ2v) is 6.95. The summed E-state index contributed by atoms with van der Waals surface area (Å²) < 4.78 is 5.16. The fraction of sp³-hybridized carbons (Fsp3) is 0.308. The van der Waals surface area contributed by atoms with Gasteiger partial charge in [0.25, 0.3) is 0 Å². The molecule has 2 aromatic rings. The zero-order valence-electron chi connectivity index (χ0n) is 10.7. The molecular formula is C13H13N3S3. The first-order valence-corrected chi connectivity index (χ1v) is 8.52. The van der Waals surface area contributed by atoms with Gasteiger partial charge < -0.3 is 0 Å². The Morgan fingerprint density at radius 2 is 2.11 bits per heavy atom. The molecule has 19 heavy (non-hydrogen) atoms. The first-order chi connectivity index (χ1) is 9.28. The van der Waals surface area contributed by atoms with Crippen LogP contribution in [0, 0.1) is 11.3 Å². The number of hydrogen-bond acceptors (Lipinski definition) is 6. The van der Waals surface area contributed by atoms with Crippen molar-refractivity contribution in [2.75, 3.05) is 5.75 Å². The van der Waals surface area contributed by atoms with Crippen LogP contribution in [0.5, 0.6) is 0 Å². The molecule has 0 saturated heterocycles. The zero-order valence-corrected chi connectivity index (χ0v) is 13.2. The topological polar surface area (TPSA) is 49.6 Å². The van der Waals surface area contributed by atoms with Crippen LogP contribution in [0.2, 0.25) is 0 Å². The Balaban J connectivity index is 2.29. The number of aromatic nitrogens is 2. The number of aryl methyl sites for hydroxylation is 1. The summed E-state index contributed by atoms with van der Waals surface area (Å²) >= 11 is 4.61. The molecule has 2 rings (SSSR count). The van der Waals surface area contributed by atoms with E-state index in [1.807, 2.05) is 25.1 Å². The number of benzene rings is 1. The minimum absolute atomic E-state index is 0.743. The average Bonchev–Trinajstić information content (AvgIpc) is 2.87. The summed E-state index contributed by atoms with van der Waals surface area (Å²) in [7, 11) is 0. The van der Waals surface area contributed by atoms with Crippen LogP contribution in [-0.4, -0.2) is 15.1 Å². The summed E-state index contributed by atoms with van der Waals surface area (Å²) in [6.07, 6.45) is 0.841. The molecule has 1 aromatic carbocycles. The highest BCUT2D eigenvalue weighted by atomic mass is 32.2. The molecule has 1 heterocycles. The minimum Gasteiger partial charge on any atom is -0.213 e. The van der Waals surface area contributed by atoms with Gasteiger partial charge in [0.05, 0.1) is 5.56 Å². The fourth-order valence-corrected chi connectivity index (χ4v) is 4.12. The molecule has 98 valence electrons. The molecular weight excluding hydrogens is 294 g/mol. The Morgan fingerprint density at radius 3 is 2.74 bits per heavy atom. The van der Waals surface area contributed by atoms with Gasteiger partial charge in [-0.1, -0.05) is 31.7 Å². The lowest BCUT2D eigenvalue weighted by Gasteiger charge is -2.06. The minimum atomic E-state index is 0.743. The number of hydrogen-bond donors (Lipinski definition) is 0. The molecule has 0 aliphatic rings. The lowest BCUT2D eigenvalue weighted by molar-refractivity contribution is 0.971. The second kappa shape index (κ2) is 6.94. The van der Waals surface area contributed by atoms with E-state index in [9.17, 15) is 5.26 Å². The van der Waals surface area contributed by atoms with Crippen molar-refractivity contribution in [1.29, 1.82) is 5.26 Å². The van der Waals surface area contributed by atoms with Crippen molar-refractivity contribution < 1.29 is 0 Å². The molecule has 3 nitrogen and oxygen atoms in total. The Hall–Kier alpha value is -1.03. The maximum atomic E-state index is 9.35. The van der Waals surface area contributed by atoms with Crippen molar-refractivity contribution in [3.8, 4) is 6.07 Å². The number of rotatable bonds is 5. The highest BCUT2D eigenvalue weighted by molar-refractivity contribution is 8.01. The van der Waals surface area contributed by atoms with E-state index in [4.69, 9.17) is 0 Å². The molecule has 1 aromatic heterocycles. The zero-order chi connectivity index (χ0) is 13.7. The van der Waals surface area contributed by atoms with Gasteiger partial charge >= 0.3 is 0 Å². The van der Waals surface area contributed by atoms with E-state index >= 15 is 0 Å². The van der Waals surface area contributed by atoms with E-state index in [1.54, 1.807) is 11.8 Å². The largest absolute Gasteiger partial charge is 0.213 e. The Bertz CT molecular complexity index is 601. The van der Waals surface area contributed by atoms with Gasteiger partial charge in [-0.15, -0.1) is 11.8 Å². The molecule has 0 spiro atoms. The smallest absolute Gasteiger partial charge is 0.174 e. The predicted molar refractivity (Wildman–Crippen MR) is 81.0 cm³/mol. The highest BCUT2D eigenvalue weighted by Gasteiger charge is 2.12. The maximum absolute atomic E-state index is 9.35. The molecule has 0 amide bonds. The van der Waals surface area contributed by atoms with E-state index < -0.39 is 0 Å². The standard InChI is InChI=1S/C13H13N3S3/c1-3-12-15-13(19-16-12)18-11-7-5-6-10(17-4-2)9(11)8-14/h5-7H,3-4H2,1-2H3. The maximum Gasteiger partial charge on any atom is 0.174 e. The molecule has 0 bridgehead atoms. The van der Waals surface area contributed by atoms with Crippen molar-refractivity contribution in [2.24, 2.45) is 0 Å². The SMILES string of the molecule is CCSc1cccc(Sc2nc(CC)ns2)c1C#N. The molecule has 0 fully saturated rings. The van der Waals surface area contributed by atoms with E-state index in [1.165, 1.54) is 23.3 Å². The lowest BCUT2D eigenvalue weighted by Crippen LogP contribution is -1.86. The van der Waals surface area contributed by atoms with Crippen LogP contribution in [0.15, 0.2) is 32.3 Å². The van der Waals surface area contributed by atoms with Gasteiger partial charge in [-0.2, -0.15) is 9.64 Å². The third kappa shape index (κ3) is 3.50. The van der Waals surface area contributed by atoms with Gasteiger partial charge in [-0.05, 0) is 29.4 Å². The molecule has 0 aliphatic heterocycles. The van der Waals surface area contributed by atoms with Crippen molar-refractivity contribution >= 4 is 35.1 Å². The van der Waals surface area contributed by atoms with Gasteiger partial charge in [0, 0.05) is 16.2 Å². The summed E-state index contributed by atoms with van der Waals surface area (Å²) in [4.78, 5) is 6.42. The van der Waals surface area contributed by atoms with Gasteiger partial charge in [-0.3, -0.25) is 0 Å². The van der Waals surface area contributed by atoms with Gasteiger partial charge in [-0.25, -0.2) is 4.98 Å². The Labute approximate surface area is 125 Å². The van der Waals surface area contributed by atoms with E-state index in [2.05, 4.69) is 22.4 Å². The molecule has 6 heteroatoms. The first kappa shape index (κ1) is 14.4. The van der Waals surface area contributed by atoms with Crippen LogP contribution in [-0.2, 0) is 6.42 Å². The van der Waals surface area contributed by atoms with Crippen molar-refractivity contribution in [1.82, 2.24) is 9.36 Å². The van der Waals surface area contributed by atoms with Gasteiger partial charge in [0.15, 0.2) is 4.34 Å². The lowest BCUT2D eigenvalue weighted by atomic mass is 10.2. The molecule has 0 atom stereocenters. The van der Waals surface area contributed by atoms with Crippen molar-refractivity contribution in [3.05, 3.63) is 29.6 Å². The molecule has 0 aliphatic carbocycles. The van der Waals surface area contributed by atoms with Crippen LogP contribution in [0.4, 0.5) is 0 Å². The summed E-state index contributed by atoms with van der Waals surface area (Å²) in [6, 6.07) is 8.26. The van der Waals surface area contributed by atoms with Gasteiger partial charge in [0.2, 0.25) is 0 Å². The van der Waals surface area contributed by atoms with Crippen LogP contribution in [0.1, 0.15) is 25.2 Å². The normalized spacial score (nSPS) is 10.4. The molecule has 0 radical (unpaired) electrons. The number of nitriles is 1. The van der Waals surface area contributed by atoms with Crippen LogP contribution in [0.25, 0.3) is 0 Å². The summed E-state index contributed by atoms with van der Waals surface area (Å²) in [5.74, 6) is 1.83. The second-order valence-electron chi connectivity index (χ2n) is 3.61. The van der Waals surface area contributed by atoms with Crippen molar-refractivity contribution in [3.63, 3.8) is 0 Å². The first-order valence-electron chi connectivity index (χ1n) is 5.94. The quantitative estimate of drug-likeness (QED) is 0.773. The fourth-order valence-electron chi connectivity index (χ4n) is 1.50. The van der Waals surface area contributed by atoms with E-state index in [0.29, 0.717) is 0 Å². The highest BCUT2D eigenvalue weighted by Crippen LogP contribution is 2.35. The average molecular weight is 307 g/mol. The summed E-state index contributed by atoms with van der Waals surface area (Å²) in [5, 5.41) is 9.35. The van der Waals surface area contributed by atoms with Crippen LogP contribution >= 0.6 is 35.1 Å². The third-order valence-corrected chi connectivity index (χ3v) is 5.15. The van der Waals surface area contributed by atoms with Gasteiger partial charge in [0.1, 0.15) is 11.9 Å². The van der Waals surface area contributed by atoms with Crippen LogP contribution in [0.3, 0.4) is 0 Å². The molecule has 0 saturated carbocycles. The predicted octanol–water partition coefficient (Wildman–Crippen LogP) is 4.24. The third-order valence-electron chi connectivity index (χ3n) is 2.36. The van der Waals surface area contributed by atoms with E-state index in [-0.39, 0.29) is 0 Å². The molecule has 0 N–H and O–H groups in total. The Kier molecular flexibility index (Phi) is 5.25. The monoisotopic (exact) mass is 307 g/mol. The number of nitrogens with zero attached hydrogens (tertiary/aromatic N) is 3. The van der Waals surface area contributed by atoms with Crippen LogP contribution < -0.4 is 0 Å². The number of thioether (sulfide) groups is 1. The van der Waals surface area contributed by atoms with E-state index in [0.717, 1.165) is 37.7 Å². The molecule has 0 unspecified atom stereocenters.